The maximum atomic E-state index is 5.63. The van der Waals surface area contributed by atoms with Crippen molar-refractivity contribution in [2.24, 2.45) is 7.05 Å². The molecule has 1 N–H and O–H groups in total. The predicted octanol–water partition coefficient (Wildman–Crippen LogP) is 3.06. The number of rotatable bonds is 6. The molecule has 0 bridgehead atoms. The average molecular weight is 312 g/mol. The molecule has 1 unspecified atom stereocenters. The van der Waals surface area contributed by atoms with Gasteiger partial charge in [-0.25, -0.2) is 4.98 Å². The Morgan fingerprint density at radius 1 is 1.50 bits per heavy atom. The molecule has 0 aliphatic heterocycles. The van der Waals surface area contributed by atoms with Crippen molar-refractivity contribution in [1.29, 1.82) is 0 Å². The van der Waals surface area contributed by atoms with Crippen molar-refractivity contribution in [2.75, 3.05) is 6.54 Å². The fourth-order valence-electron chi connectivity index (χ4n) is 2.02. The molecule has 4 nitrogen and oxygen atoms in total. The molecule has 0 spiro atoms. The van der Waals surface area contributed by atoms with E-state index in [0.29, 0.717) is 0 Å². The summed E-state index contributed by atoms with van der Waals surface area (Å²) in [5, 5.41) is 3.44. The number of hydrogen-bond acceptors (Lipinski definition) is 3. The van der Waals surface area contributed by atoms with Crippen LogP contribution < -0.4 is 5.32 Å². The van der Waals surface area contributed by atoms with E-state index in [1.54, 1.807) is 0 Å². The standard InChI is InChI=1S/C13H18BrN3O/c1-3-15-10(11-5-6-12(14)18-11)4-7-13-16-8-9-17(13)2/h5-6,8-10,15H,3-4,7H2,1-2H3. The first-order valence-corrected chi connectivity index (χ1v) is 6.94. The highest BCUT2D eigenvalue weighted by Crippen LogP contribution is 2.23. The second kappa shape index (κ2) is 6.20. The monoisotopic (exact) mass is 311 g/mol. The summed E-state index contributed by atoms with van der Waals surface area (Å²) in [6, 6.07) is 4.18. The van der Waals surface area contributed by atoms with Crippen LogP contribution in [0.1, 0.15) is 31.0 Å². The van der Waals surface area contributed by atoms with Gasteiger partial charge in [0.05, 0.1) is 6.04 Å². The molecule has 0 saturated carbocycles. The highest BCUT2D eigenvalue weighted by molar-refractivity contribution is 9.10. The molecule has 0 aliphatic rings. The molecule has 5 heteroatoms. The minimum atomic E-state index is 0.234. The minimum Gasteiger partial charge on any atom is -0.453 e. The van der Waals surface area contributed by atoms with Gasteiger partial charge in [0.1, 0.15) is 11.6 Å². The lowest BCUT2D eigenvalue weighted by atomic mass is 10.1. The molecule has 0 amide bonds. The van der Waals surface area contributed by atoms with Crippen molar-refractivity contribution in [2.45, 2.75) is 25.8 Å². The van der Waals surface area contributed by atoms with Gasteiger partial charge in [-0.2, -0.15) is 0 Å². The first-order valence-electron chi connectivity index (χ1n) is 6.15. The van der Waals surface area contributed by atoms with Gasteiger partial charge in [0.15, 0.2) is 4.67 Å². The molecule has 2 rings (SSSR count). The van der Waals surface area contributed by atoms with Crippen LogP contribution >= 0.6 is 15.9 Å². The van der Waals surface area contributed by atoms with Gasteiger partial charge in [-0.1, -0.05) is 6.92 Å². The van der Waals surface area contributed by atoms with E-state index in [4.69, 9.17) is 4.42 Å². The third-order valence-corrected chi connectivity index (χ3v) is 3.39. The average Bonchev–Trinajstić information content (AvgIpc) is 2.94. The van der Waals surface area contributed by atoms with Crippen LogP contribution in [0.4, 0.5) is 0 Å². The van der Waals surface area contributed by atoms with Crippen LogP contribution in [0.5, 0.6) is 0 Å². The molecule has 2 heterocycles. The molecule has 98 valence electrons. The molecular formula is C13H18BrN3O. The second-order valence-corrected chi connectivity index (χ2v) is 5.03. The molecule has 0 radical (unpaired) electrons. The third-order valence-electron chi connectivity index (χ3n) is 2.97. The summed E-state index contributed by atoms with van der Waals surface area (Å²) in [4.78, 5) is 4.34. The summed E-state index contributed by atoms with van der Waals surface area (Å²) in [6.45, 7) is 3.02. The van der Waals surface area contributed by atoms with Gasteiger partial charge < -0.3 is 14.3 Å². The zero-order chi connectivity index (χ0) is 13.0. The van der Waals surface area contributed by atoms with Crippen molar-refractivity contribution < 1.29 is 4.42 Å². The van der Waals surface area contributed by atoms with Gasteiger partial charge in [0.25, 0.3) is 0 Å². The molecule has 0 aliphatic carbocycles. The number of imidazole rings is 1. The lowest BCUT2D eigenvalue weighted by Crippen LogP contribution is -2.21. The Labute approximate surface area is 116 Å². The van der Waals surface area contributed by atoms with E-state index in [2.05, 4.69) is 37.7 Å². The van der Waals surface area contributed by atoms with Gasteiger partial charge >= 0.3 is 0 Å². The normalized spacial score (nSPS) is 12.8. The van der Waals surface area contributed by atoms with Crippen LogP contribution in [0.2, 0.25) is 0 Å². The summed E-state index contributed by atoms with van der Waals surface area (Å²) in [6.07, 6.45) is 5.71. The number of nitrogens with one attached hydrogen (secondary N) is 1. The largest absolute Gasteiger partial charge is 0.453 e. The summed E-state index contributed by atoms with van der Waals surface area (Å²) in [5.74, 6) is 2.07. The Morgan fingerprint density at radius 2 is 2.33 bits per heavy atom. The molecule has 2 aromatic heterocycles. The van der Waals surface area contributed by atoms with Crippen LogP contribution in [-0.4, -0.2) is 16.1 Å². The van der Waals surface area contributed by atoms with E-state index in [-0.39, 0.29) is 6.04 Å². The minimum absolute atomic E-state index is 0.234. The second-order valence-electron chi connectivity index (χ2n) is 4.25. The van der Waals surface area contributed by atoms with Gasteiger partial charge in [-0.15, -0.1) is 0 Å². The van der Waals surface area contributed by atoms with E-state index in [0.717, 1.165) is 35.6 Å². The van der Waals surface area contributed by atoms with E-state index in [9.17, 15) is 0 Å². The van der Waals surface area contributed by atoms with Gasteiger partial charge in [0, 0.05) is 25.9 Å². The maximum absolute atomic E-state index is 5.63. The summed E-state index contributed by atoms with van der Waals surface area (Å²) >= 11 is 3.34. The molecular weight excluding hydrogens is 294 g/mol. The van der Waals surface area contributed by atoms with Crippen LogP contribution in [0.3, 0.4) is 0 Å². The van der Waals surface area contributed by atoms with Crippen LogP contribution in [0.25, 0.3) is 0 Å². The number of hydrogen-bond donors (Lipinski definition) is 1. The van der Waals surface area contributed by atoms with Crippen LogP contribution in [0.15, 0.2) is 33.6 Å². The summed E-state index contributed by atoms with van der Waals surface area (Å²) in [7, 11) is 2.02. The predicted molar refractivity (Wildman–Crippen MR) is 74.4 cm³/mol. The molecule has 0 fully saturated rings. The van der Waals surface area contributed by atoms with Crippen LogP contribution in [-0.2, 0) is 13.5 Å². The van der Waals surface area contributed by atoms with Gasteiger partial charge in [-0.3, -0.25) is 0 Å². The Bertz CT molecular complexity index is 492. The van der Waals surface area contributed by atoms with Gasteiger partial charge in [0.2, 0.25) is 0 Å². The van der Waals surface area contributed by atoms with Crippen molar-refractivity contribution in [3.05, 3.63) is 40.8 Å². The van der Waals surface area contributed by atoms with E-state index in [1.807, 2.05) is 31.6 Å². The Balaban J connectivity index is 2.01. The van der Waals surface area contributed by atoms with E-state index >= 15 is 0 Å². The number of nitrogens with zero attached hydrogens (tertiary/aromatic N) is 2. The lowest BCUT2D eigenvalue weighted by Gasteiger charge is -2.15. The molecule has 0 saturated heterocycles. The Hall–Kier alpha value is -1.07. The summed E-state index contributed by atoms with van der Waals surface area (Å²) in [5.41, 5.74) is 0. The maximum Gasteiger partial charge on any atom is 0.169 e. The van der Waals surface area contributed by atoms with Crippen LogP contribution in [0, 0.1) is 0 Å². The van der Waals surface area contributed by atoms with Crippen molar-refractivity contribution in [3.8, 4) is 0 Å². The SMILES string of the molecule is CCNC(CCc1nccn1C)c1ccc(Br)o1. The van der Waals surface area contributed by atoms with Gasteiger partial charge in [-0.05, 0) is 41.0 Å². The van der Waals surface area contributed by atoms with E-state index in [1.165, 1.54) is 0 Å². The zero-order valence-corrected chi connectivity index (χ0v) is 12.3. The highest BCUT2D eigenvalue weighted by Gasteiger charge is 2.15. The van der Waals surface area contributed by atoms with E-state index < -0.39 is 0 Å². The number of aromatic nitrogens is 2. The molecule has 18 heavy (non-hydrogen) atoms. The molecule has 0 aromatic carbocycles. The number of aryl methyl sites for hydroxylation is 2. The molecule has 2 aromatic rings. The number of halogens is 1. The quantitative estimate of drug-likeness (QED) is 0.891. The van der Waals surface area contributed by atoms with Crippen molar-refractivity contribution in [3.63, 3.8) is 0 Å². The highest BCUT2D eigenvalue weighted by atomic mass is 79.9. The first kappa shape index (κ1) is 13.4. The van der Waals surface area contributed by atoms with Crippen molar-refractivity contribution >= 4 is 15.9 Å². The third kappa shape index (κ3) is 3.23. The smallest absolute Gasteiger partial charge is 0.169 e. The Kier molecular flexibility index (Phi) is 4.60. The lowest BCUT2D eigenvalue weighted by molar-refractivity contribution is 0.389. The topological polar surface area (TPSA) is 43.0 Å². The number of furan rings is 1. The fourth-order valence-corrected chi connectivity index (χ4v) is 2.34. The Morgan fingerprint density at radius 3 is 2.89 bits per heavy atom. The fraction of sp³-hybridized carbons (Fsp3) is 0.462. The zero-order valence-electron chi connectivity index (χ0n) is 10.7. The van der Waals surface area contributed by atoms with Crippen molar-refractivity contribution in [1.82, 2.24) is 14.9 Å². The first-order chi connectivity index (χ1) is 8.70. The summed E-state index contributed by atoms with van der Waals surface area (Å²) < 4.78 is 8.46. The molecule has 1 atom stereocenters.